The Labute approximate surface area is 90.5 Å². The van der Waals surface area contributed by atoms with Gasteiger partial charge in [0.15, 0.2) is 0 Å². The normalized spacial score (nSPS) is 15.5. The second-order valence-electron chi connectivity index (χ2n) is 3.95. The zero-order chi connectivity index (χ0) is 9.80. The molecule has 2 heteroatoms. The molecule has 1 nitrogen and oxygen atoms in total. The van der Waals surface area contributed by atoms with Gasteiger partial charge < -0.3 is 5.32 Å². The van der Waals surface area contributed by atoms with E-state index in [4.69, 9.17) is 11.6 Å². The average Bonchev–Trinajstić information content (AvgIpc) is 3.03. The number of rotatable bonds is 5. The molecule has 1 aromatic carbocycles. The van der Waals surface area contributed by atoms with Crippen molar-refractivity contribution in [2.24, 2.45) is 5.92 Å². The van der Waals surface area contributed by atoms with Crippen LogP contribution in [-0.2, 0) is 5.88 Å². The van der Waals surface area contributed by atoms with E-state index in [1.807, 2.05) is 6.07 Å². The summed E-state index contributed by atoms with van der Waals surface area (Å²) in [6.07, 6.45) is 4.16. The van der Waals surface area contributed by atoms with Crippen LogP contribution in [0.3, 0.4) is 0 Å². The Kier molecular flexibility index (Phi) is 3.30. The first-order valence-electron chi connectivity index (χ1n) is 5.28. The predicted molar refractivity (Wildman–Crippen MR) is 61.8 cm³/mol. The molecule has 0 amide bonds. The van der Waals surface area contributed by atoms with Gasteiger partial charge in [-0.25, -0.2) is 0 Å². The predicted octanol–water partition coefficient (Wildman–Crippen LogP) is 3.64. The molecule has 2 rings (SSSR count). The minimum absolute atomic E-state index is 0.590. The van der Waals surface area contributed by atoms with E-state index < -0.39 is 0 Å². The zero-order valence-corrected chi connectivity index (χ0v) is 9.06. The molecule has 0 aliphatic heterocycles. The summed E-state index contributed by atoms with van der Waals surface area (Å²) in [6.45, 7) is 1.08. The fraction of sp³-hybridized carbons (Fsp3) is 0.500. The number of para-hydroxylation sites is 1. The molecule has 1 aromatic rings. The first-order valence-corrected chi connectivity index (χ1v) is 5.81. The van der Waals surface area contributed by atoms with Crippen molar-refractivity contribution in [3.05, 3.63) is 29.8 Å². The summed E-state index contributed by atoms with van der Waals surface area (Å²) in [6, 6.07) is 8.26. The molecule has 0 bridgehead atoms. The lowest BCUT2D eigenvalue weighted by atomic mass is 10.2. The lowest BCUT2D eigenvalue weighted by molar-refractivity contribution is 0.760. The fourth-order valence-electron chi connectivity index (χ4n) is 1.63. The summed E-state index contributed by atoms with van der Waals surface area (Å²) in [5.74, 6) is 1.58. The Hall–Kier alpha value is -0.690. The molecule has 1 aliphatic rings. The molecular weight excluding hydrogens is 194 g/mol. The lowest BCUT2D eigenvalue weighted by Gasteiger charge is -2.09. The molecule has 1 fully saturated rings. The zero-order valence-electron chi connectivity index (χ0n) is 8.30. The van der Waals surface area contributed by atoms with Crippen LogP contribution < -0.4 is 5.32 Å². The lowest BCUT2D eigenvalue weighted by Crippen LogP contribution is -2.04. The van der Waals surface area contributed by atoms with Gasteiger partial charge in [-0.1, -0.05) is 31.0 Å². The van der Waals surface area contributed by atoms with Crippen molar-refractivity contribution < 1.29 is 0 Å². The van der Waals surface area contributed by atoms with Gasteiger partial charge in [0.25, 0.3) is 0 Å². The average molecular weight is 210 g/mol. The molecule has 0 spiro atoms. The van der Waals surface area contributed by atoms with Crippen LogP contribution in [0.5, 0.6) is 0 Å². The monoisotopic (exact) mass is 209 g/mol. The molecule has 1 N–H and O–H groups in total. The quantitative estimate of drug-likeness (QED) is 0.731. The number of halogens is 1. The van der Waals surface area contributed by atoms with Crippen molar-refractivity contribution >= 4 is 17.3 Å². The number of nitrogens with one attached hydrogen (secondary N) is 1. The maximum absolute atomic E-state index is 5.85. The van der Waals surface area contributed by atoms with E-state index in [1.165, 1.54) is 30.5 Å². The third kappa shape index (κ3) is 2.65. The highest BCUT2D eigenvalue weighted by molar-refractivity contribution is 6.17. The van der Waals surface area contributed by atoms with Gasteiger partial charge in [-0.3, -0.25) is 0 Å². The van der Waals surface area contributed by atoms with Gasteiger partial charge in [0.2, 0.25) is 0 Å². The van der Waals surface area contributed by atoms with Crippen LogP contribution in [-0.4, -0.2) is 6.54 Å². The molecule has 14 heavy (non-hydrogen) atoms. The Balaban J connectivity index is 1.86. The largest absolute Gasteiger partial charge is 0.385 e. The first-order chi connectivity index (χ1) is 6.90. The molecule has 0 radical (unpaired) electrons. The van der Waals surface area contributed by atoms with Crippen molar-refractivity contribution in [1.82, 2.24) is 0 Å². The third-order valence-corrected chi connectivity index (χ3v) is 3.01. The minimum Gasteiger partial charge on any atom is -0.385 e. The standard InChI is InChI=1S/C12H16ClN/c13-9-11-3-1-2-4-12(11)14-8-7-10-5-6-10/h1-4,10,14H,5-9H2. The summed E-state index contributed by atoms with van der Waals surface area (Å²) < 4.78 is 0. The van der Waals surface area contributed by atoms with E-state index >= 15 is 0 Å². The van der Waals surface area contributed by atoms with Crippen molar-refractivity contribution in [2.45, 2.75) is 25.1 Å². The maximum Gasteiger partial charge on any atom is 0.0494 e. The summed E-state index contributed by atoms with van der Waals surface area (Å²) in [7, 11) is 0. The molecule has 0 atom stereocenters. The van der Waals surface area contributed by atoms with Gasteiger partial charge in [-0.15, -0.1) is 11.6 Å². The van der Waals surface area contributed by atoms with Crippen LogP contribution in [0.4, 0.5) is 5.69 Å². The molecular formula is C12H16ClN. The molecule has 0 heterocycles. The summed E-state index contributed by atoms with van der Waals surface area (Å²) in [5.41, 5.74) is 2.40. The highest BCUT2D eigenvalue weighted by atomic mass is 35.5. The number of benzene rings is 1. The smallest absolute Gasteiger partial charge is 0.0494 e. The molecule has 0 saturated heterocycles. The number of alkyl halides is 1. The Bertz CT molecular complexity index is 294. The van der Waals surface area contributed by atoms with Crippen LogP contribution in [0.25, 0.3) is 0 Å². The Morgan fingerprint density at radius 3 is 2.79 bits per heavy atom. The summed E-state index contributed by atoms with van der Waals surface area (Å²) in [4.78, 5) is 0. The van der Waals surface area contributed by atoms with Gasteiger partial charge in [-0.2, -0.15) is 0 Å². The van der Waals surface area contributed by atoms with Crippen LogP contribution in [0, 0.1) is 5.92 Å². The number of hydrogen-bond acceptors (Lipinski definition) is 1. The number of anilines is 1. The molecule has 0 aromatic heterocycles. The Morgan fingerprint density at radius 2 is 2.07 bits per heavy atom. The van der Waals surface area contributed by atoms with E-state index in [1.54, 1.807) is 0 Å². The molecule has 0 unspecified atom stereocenters. The highest BCUT2D eigenvalue weighted by Gasteiger charge is 2.20. The van der Waals surface area contributed by atoms with Gasteiger partial charge in [0.1, 0.15) is 0 Å². The SMILES string of the molecule is ClCc1ccccc1NCCC1CC1. The second-order valence-corrected chi connectivity index (χ2v) is 4.22. The van der Waals surface area contributed by atoms with Crippen LogP contribution in [0.2, 0.25) is 0 Å². The minimum atomic E-state index is 0.590. The molecule has 1 aliphatic carbocycles. The summed E-state index contributed by atoms with van der Waals surface area (Å²) >= 11 is 5.85. The van der Waals surface area contributed by atoms with Gasteiger partial charge in [0, 0.05) is 18.1 Å². The van der Waals surface area contributed by atoms with E-state index in [0.29, 0.717) is 5.88 Å². The fourth-order valence-corrected chi connectivity index (χ4v) is 1.86. The highest BCUT2D eigenvalue weighted by Crippen LogP contribution is 2.32. The maximum atomic E-state index is 5.85. The van der Waals surface area contributed by atoms with Gasteiger partial charge in [-0.05, 0) is 24.0 Å². The third-order valence-electron chi connectivity index (χ3n) is 2.73. The summed E-state index contributed by atoms with van der Waals surface area (Å²) in [5, 5.41) is 3.45. The van der Waals surface area contributed by atoms with Crippen molar-refractivity contribution in [3.63, 3.8) is 0 Å². The van der Waals surface area contributed by atoms with Crippen molar-refractivity contribution in [1.29, 1.82) is 0 Å². The van der Waals surface area contributed by atoms with Crippen LogP contribution in [0.1, 0.15) is 24.8 Å². The number of hydrogen-bond donors (Lipinski definition) is 1. The topological polar surface area (TPSA) is 12.0 Å². The van der Waals surface area contributed by atoms with Crippen molar-refractivity contribution in [3.8, 4) is 0 Å². The van der Waals surface area contributed by atoms with E-state index in [-0.39, 0.29) is 0 Å². The molecule has 1 saturated carbocycles. The van der Waals surface area contributed by atoms with E-state index in [2.05, 4.69) is 23.5 Å². The van der Waals surface area contributed by atoms with E-state index in [9.17, 15) is 0 Å². The van der Waals surface area contributed by atoms with Crippen LogP contribution >= 0.6 is 11.6 Å². The van der Waals surface area contributed by atoms with Gasteiger partial charge >= 0.3 is 0 Å². The van der Waals surface area contributed by atoms with Crippen LogP contribution in [0.15, 0.2) is 24.3 Å². The van der Waals surface area contributed by atoms with E-state index in [0.717, 1.165) is 12.5 Å². The Morgan fingerprint density at radius 1 is 1.29 bits per heavy atom. The molecule has 76 valence electrons. The second kappa shape index (κ2) is 4.70. The van der Waals surface area contributed by atoms with Crippen molar-refractivity contribution in [2.75, 3.05) is 11.9 Å². The first kappa shape index (κ1) is 9.85. The van der Waals surface area contributed by atoms with Gasteiger partial charge in [0.05, 0.1) is 0 Å².